The van der Waals surface area contributed by atoms with Gasteiger partial charge in [-0.1, -0.05) is 56.4 Å². The van der Waals surface area contributed by atoms with Crippen molar-refractivity contribution in [2.24, 2.45) is 5.92 Å². The Kier molecular flexibility index (Phi) is 5.00. The quantitative estimate of drug-likeness (QED) is 0.853. The highest BCUT2D eigenvalue weighted by Crippen LogP contribution is 2.26. The second-order valence-corrected chi connectivity index (χ2v) is 4.98. The molecule has 0 heterocycles. The molecular weight excluding hydrogens is 222 g/mol. The van der Waals surface area contributed by atoms with Crippen molar-refractivity contribution in [1.29, 1.82) is 0 Å². The Morgan fingerprint density at radius 1 is 1.17 bits per heavy atom. The van der Waals surface area contributed by atoms with Crippen LogP contribution in [0.15, 0.2) is 42.6 Å². The van der Waals surface area contributed by atoms with Gasteiger partial charge in [-0.3, -0.25) is 4.79 Å². The molecular formula is C16H21NO. The highest BCUT2D eigenvalue weighted by Gasteiger charge is 2.11. The van der Waals surface area contributed by atoms with Crippen LogP contribution in [-0.2, 0) is 0 Å². The van der Waals surface area contributed by atoms with E-state index in [2.05, 4.69) is 11.4 Å². The van der Waals surface area contributed by atoms with Gasteiger partial charge >= 0.3 is 0 Å². The number of carbonyl (C=O) groups excluding carboxylic acids is 1. The van der Waals surface area contributed by atoms with Gasteiger partial charge in [0.05, 0.1) is 0 Å². The lowest BCUT2D eigenvalue weighted by molar-refractivity contribution is 0.0970. The van der Waals surface area contributed by atoms with Gasteiger partial charge in [0.1, 0.15) is 0 Å². The summed E-state index contributed by atoms with van der Waals surface area (Å²) in [6.45, 7) is 0. The van der Waals surface area contributed by atoms with Crippen molar-refractivity contribution >= 4 is 5.91 Å². The maximum absolute atomic E-state index is 11.7. The van der Waals surface area contributed by atoms with E-state index in [1.807, 2.05) is 30.3 Å². The second kappa shape index (κ2) is 7.00. The Balaban J connectivity index is 1.72. The smallest absolute Gasteiger partial charge is 0.255 e. The number of nitrogens with one attached hydrogen (secondary N) is 1. The largest absolute Gasteiger partial charge is 0.329 e. The first-order valence-electron chi connectivity index (χ1n) is 6.87. The molecule has 1 aromatic rings. The summed E-state index contributed by atoms with van der Waals surface area (Å²) in [6, 6.07) is 9.31. The van der Waals surface area contributed by atoms with Crippen LogP contribution in [0.3, 0.4) is 0 Å². The minimum Gasteiger partial charge on any atom is -0.329 e. The molecule has 1 saturated carbocycles. The maximum Gasteiger partial charge on any atom is 0.255 e. The minimum absolute atomic E-state index is 0.0319. The average molecular weight is 243 g/mol. The van der Waals surface area contributed by atoms with Gasteiger partial charge in [-0.25, -0.2) is 0 Å². The SMILES string of the molecule is O=C(N/C=C\CC1CCCCC1)c1ccccc1. The molecule has 0 spiro atoms. The normalized spacial score (nSPS) is 16.9. The Morgan fingerprint density at radius 2 is 1.89 bits per heavy atom. The van der Waals surface area contributed by atoms with Crippen LogP contribution in [0, 0.1) is 5.92 Å². The molecule has 0 atom stereocenters. The molecule has 2 heteroatoms. The molecule has 96 valence electrons. The summed E-state index contributed by atoms with van der Waals surface area (Å²) in [5.41, 5.74) is 0.708. The molecule has 0 aromatic heterocycles. The van der Waals surface area contributed by atoms with Gasteiger partial charge in [0.2, 0.25) is 0 Å². The summed E-state index contributed by atoms with van der Waals surface area (Å²) >= 11 is 0. The predicted octanol–water partition coefficient (Wildman–Crippen LogP) is 3.90. The topological polar surface area (TPSA) is 29.1 Å². The molecule has 0 aliphatic heterocycles. The Labute approximate surface area is 109 Å². The van der Waals surface area contributed by atoms with E-state index in [0.717, 1.165) is 12.3 Å². The van der Waals surface area contributed by atoms with E-state index in [4.69, 9.17) is 0 Å². The first kappa shape index (κ1) is 12.9. The standard InChI is InChI=1S/C16H21NO/c18-16(15-11-5-2-6-12-15)17-13-7-10-14-8-3-1-4-9-14/h2,5-7,11-14H,1,3-4,8-10H2,(H,17,18)/b13-7-. The maximum atomic E-state index is 11.7. The van der Waals surface area contributed by atoms with Crippen molar-refractivity contribution < 1.29 is 4.79 Å². The van der Waals surface area contributed by atoms with Crippen LogP contribution < -0.4 is 5.32 Å². The van der Waals surface area contributed by atoms with Crippen LogP contribution in [0.1, 0.15) is 48.9 Å². The van der Waals surface area contributed by atoms with Crippen molar-refractivity contribution in [3.63, 3.8) is 0 Å². The number of amides is 1. The van der Waals surface area contributed by atoms with Crippen molar-refractivity contribution in [3.05, 3.63) is 48.2 Å². The van der Waals surface area contributed by atoms with Crippen LogP contribution in [-0.4, -0.2) is 5.91 Å². The fourth-order valence-electron chi connectivity index (χ4n) is 2.49. The third kappa shape index (κ3) is 4.02. The van der Waals surface area contributed by atoms with Crippen LogP contribution in [0.25, 0.3) is 0 Å². The molecule has 1 fully saturated rings. The van der Waals surface area contributed by atoms with Gasteiger partial charge in [-0.15, -0.1) is 0 Å². The summed E-state index contributed by atoms with van der Waals surface area (Å²) in [7, 11) is 0. The first-order chi connectivity index (χ1) is 8.86. The lowest BCUT2D eigenvalue weighted by Gasteiger charge is -2.19. The lowest BCUT2D eigenvalue weighted by Crippen LogP contribution is -2.16. The van der Waals surface area contributed by atoms with E-state index in [1.165, 1.54) is 32.1 Å². The number of rotatable bonds is 4. The number of carbonyl (C=O) groups is 1. The number of hydrogen-bond acceptors (Lipinski definition) is 1. The zero-order chi connectivity index (χ0) is 12.6. The molecule has 1 aromatic carbocycles. The van der Waals surface area contributed by atoms with Crippen LogP contribution in [0.4, 0.5) is 0 Å². The van der Waals surface area contributed by atoms with Crippen molar-refractivity contribution in [3.8, 4) is 0 Å². The minimum atomic E-state index is -0.0319. The van der Waals surface area contributed by atoms with Gasteiger partial charge in [0, 0.05) is 11.8 Å². The zero-order valence-electron chi connectivity index (χ0n) is 10.8. The van der Waals surface area contributed by atoms with Crippen molar-refractivity contribution in [2.45, 2.75) is 38.5 Å². The number of allylic oxidation sites excluding steroid dienone is 1. The van der Waals surface area contributed by atoms with Crippen LogP contribution in [0.2, 0.25) is 0 Å². The van der Waals surface area contributed by atoms with Gasteiger partial charge in [-0.05, 0) is 24.5 Å². The highest BCUT2D eigenvalue weighted by molar-refractivity contribution is 5.94. The van der Waals surface area contributed by atoms with Gasteiger partial charge in [0.25, 0.3) is 5.91 Å². The molecule has 2 rings (SSSR count). The molecule has 0 bridgehead atoms. The molecule has 1 aliphatic carbocycles. The summed E-state index contributed by atoms with van der Waals surface area (Å²) < 4.78 is 0. The van der Waals surface area contributed by atoms with Crippen molar-refractivity contribution in [1.82, 2.24) is 5.32 Å². The lowest BCUT2D eigenvalue weighted by atomic mass is 9.87. The third-order valence-corrected chi connectivity index (χ3v) is 3.56. The van der Waals surface area contributed by atoms with Crippen LogP contribution >= 0.6 is 0 Å². The van der Waals surface area contributed by atoms with Gasteiger partial charge < -0.3 is 5.32 Å². The fraction of sp³-hybridized carbons (Fsp3) is 0.438. The summed E-state index contributed by atoms with van der Waals surface area (Å²) in [4.78, 5) is 11.7. The Hall–Kier alpha value is -1.57. The van der Waals surface area contributed by atoms with E-state index < -0.39 is 0 Å². The van der Waals surface area contributed by atoms with Gasteiger partial charge in [-0.2, -0.15) is 0 Å². The van der Waals surface area contributed by atoms with E-state index >= 15 is 0 Å². The third-order valence-electron chi connectivity index (χ3n) is 3.56. The van der Waals surface area contributed by atoms with E-state index in [0.29, 0.717) is 5.56 Å². The molecule has 0 saturated heterocycles. The molecule has 1 N–H and O–H groups in total. The molecule has 1 aliphatic rings. The molecule has 18 heavy (non-hydrogen) atoms. The van der Waals surface area contributed by atoms with Crippen LogP contribution in [0.5, 0.6) is 0 Å². The summed E-state index contributed by atoms with van der Waals surface area (Å²) in [5, 5.41) is 2.82. The average Bonchev–Trinajstić information content (AvgIpc) is 2.45. The van der Waals surface area contributed by atoms with Gasteiger partial charge in [0.15, 0.2) is 0 Å². The predicted molar refractivity (Wildman–Crippen MR) is 74.2 cm³/mol. The molecule has 0 unspecified atom stereocenters. The molecule has 0 radical (unpaired) electrons. The van der Waals surface area contributed by atoms with Crippen molar-refractivity contribution in [2.75, 3.05) is 0 Å². The monoisotopic (exact) mass is 243 g/mol. The Bertz CT molecular complexity index is 391. The van der Waals surface area contributed by atoms with E-state index in [-0.39, 0.29) is 5.91 Å². The fourth-order valence-corrected chi connectivity index (χ4v) is 2.49. The second-order valence-electron chi connectivity index (χ2n) is 4.98. The van der Waals surface area contributed by atoms with E-state index in [1.54, 1.807) is 6.20 Å². The number of benzene rings is 1. The highest BCUT2D eigenvalue weighted by atomic mass is 16.1. The number of hydrogen-bond donors (Lipinski definition) is 1. The summed E-state index contributed by atoms with van der Waals surface area (Å²) in [5.74, 6) is 0.791. The first-order valence-corrected chi connectivity index (χ1v) is 6.87. The Morgan fingerprint density at radius 3 is 2.61 bits per heavy atom. The molecule has 2 nitrogen and oxygen atoms in total. The zero-order valence-corrected chi connectivity index (χ0v) is 10.8. The summed E-state index contributed by atoms with van der Waals surface area (Å²) in [6.07, 6.45) is 11.8. The molecule has 1 amide bonds. The van der Waals surface area contributed by atoms with E-state index in [9.17, 15) is 4.79 Å².